The molecule has 24 heavy (non-hydrogen) atoms. The average Bonchev–Trinajstić information content (AvgIpc) is 2.48. The lowest BCUT2D eigenvalue weighted by Gasteiger charge is -2.09. The van der Waals surface area contributed by atoms with Gasteiger partial charge in [0, 0.05) is 16.8 Å². The third-order valence-corrected chi connectivity index (χ3v) is 4.44. The molecule has 2 amide bonds. The van der Waals surface area contributed by atoms with Crippen molar-refractivity contribution < 1.29 is 26.9 Å². The van der Waals surface area contributed by atoms with Crippen molar-refractivity contribution in [1.82, 2.24) is 0 Å². The van der Waals surface area contributed by atoms with Crippen LogP contribution in [0.25, 0.3) is 0 Å². The summed E-state index contributed by atoms with van der Waals surface area (Å²) in [5.41, 5.74) is 0.196. The molecule has 0 fully saturated rings. The Bertz CT molecular complexity index is 827. The van der Waals surface area contributed by atoms with Crippen LogP contribution >= 0.6 is 0 Å². The monoisotopic (exact) mass is 358 g/mol. The number of benzene rings is 2. The van der Waals surface area contributed by atoms with Crippen LogP contribution in [-0.2, 0) is 9.73 Å². The van der Waals surface area contributed by atoms with Crippen molar-refractivity contribution in [3.8, 4) is 5.75 Å². The number of rotatable bonds is 3. The molecule has 0 unspecified atom stereocenters. The first-order valence-corrected chi connectivity index (χ1v) is 8.52. The van der Waals surface area contributed by atoms with Crippen LogP contribution in [0.4, 0.5) is 23.7 Å². The minimum absolute atomic E-state index is 0.196. The SMILES string of the molecule is C[S@](=O)(=NC(=O)Nc1ccc(OC(F)(F)F)cc1)c1ccccc1. The van der Waals surface area contributed by atoms with Gasteiger partial charge in [-0.3, -0.25) is 0 Å². The van der Waals surface area contributed by atoms with Crippen LogP contribution < -0.4 is 10.1 Å². The molecule has 1 atom stereocenters. The Hall–Kier alpha value is -2.55. The highest BCUT2D eigenvalue weighted by molar-refractivity contribution is 7.93. The smallest absolute Gasteiger partial charge is 0.406 e. The van der Waals surface area contributed by atoms with Gasteiger partial charge in [-0.15, -0.1) is 17.5 Å². The Morgan fingerprint density at radius 3 is 2.21 bits per heavy atom. The van der Waals surface area contributed by atoms with Crippen LogP contribution in [0.1, 0.15) is 0 Å². The van der Waals surface area contributed by atoms with Gasteiger partial charge in [-0.05, 0) is 36.4 Å². The largest absolute Gasteiger partial charge is 0.573 e. The average molecular weight is 358 g/mol. The second-order valence-corrected chi connectivity index (χ2v) is 6.97. The maximum absolute atomic E-state index is 12.4. The molecular formula is C15H13F3N2O3S. The normalized spacial score (nSPS) is 13.7. The first kappa shape index (κ1) is 17.8. The minimum atomic E-state index is -4.79. The van der Waals surface area contributed by atoms with E-state index in [1.807, 2.05) is 0 Å². The molecule has 0 aliphatic rings. The van der Waals surface area contributed by atoms with E-state index < -0.39 is 27.9 Å². The van der Waals surface area contributed by atoms with Gasteiger partial charge in [0.25, 0.3) is 0 Å². The molecule has 0 heterocycles. The summed E-state index contributed by atoms with van der Waals surface area (Å²) in [6.07, 6.45) is -3.47. The van der Waals surface area contributed by atoms with Crippen molar-refractivity contribution in [3.63, 3.8) is 0 Å². The van der Waals surface area contributed by atoms with E-state index in [4.69, 9.17) is 0 Å². The number of hydrogen-bond donors (Lipinski definition) is 1. The molecule has 0 aliphatic heterocycles. The van der Waals surface area contributed by atoms with Crippen LogP contribution in [0.15, 0.2) is 63.9 Å². The maximum Gasteiger partial charge on any atom is 0.573 e. The summed E-state index contributed by atoms with van der Waals surface area (Å²) in [6, 6.07) is 11.9. The van der Waals surface area contributed by atoms with Crippen LogP contribution in [0.2, 0.25) is 0 Å². The summed E-state index contributed by atoms with van der Waals surface area (Å²) in [5.74, 6) is -0.416. The second kappa shape index (κ2) is 6.91. The lowest BCUT2D eigenvalue weighted by molar-refractivity contribution is -0.274. The van der Waals surface area contributed by atoms with Crippen LogP contribution in [0.3, 0.4) is 0 Å². The number of hydrogen-bond acceptors (Lipinski definition) is 3. The van der Waals surface area contributed by atoms with E-state index in [2.05, 4.69) is 14.4 Å². The summed E-state index contributed by atoms with van der Waals surface area (Å²) in [4.78, 5) is 12.2. The highest BCUT2D eigenvalue weighted by Crippen LogP contribution is 2.24. The van der Waals surface area contributed by atoms with E-state index in [9.17, 15) is 22.2 Å². The summed E-state index contributed by atoms with van der Waals surface area (Å²) >= 11 is 0. The van der Waals surface area contributed by atoms with E-state index >= 15 is 0 Å². The lowest BCUT2D eigenvalue weighted by Crippen LogP contribution is -2.17. The third-order valence-electron chi connectivity index (χ3n) is 2.78. The van der Waals surface area contributed by atoms with E-state index in [-0.39, 0.29) is 5.69 Å². The fraction of sp³-hybridized carbons (Fsp3) is 0.133. The number of anilines is 1. The molecule has 0 radical (unpaired) electrons. The number of carbonyl (C=O) groups is 1. The van der Waals surface area contributed by atoms with Crippen LogP contribution in [0, 0.1) is 0 Å². The predicted octanol–water partition coefficient (Wildman–Crippen LogP) is 4.27. The maximum atomic E-state index is 12.4. The summed E-state index contributed by atoms with van der Waals surface area (Å²) < 4.78 is 55.9. The highest BCUT2D eigenvalue weighted by Gasteiger charge is 2.30. The fourth-order valence-corrected chi connectivity index (χ4v) is 2.90. The van der Waals surface area contributed by atoms with Crippen molar-refractivity contribution >= 4 is 21.4 Å². The summed E-state index contributed by atoms with van der Waals surface area (Å²) in [5, 5.41) is 2.34. The highest BCUT2D eigenvalue weighted by atomic mass is 32.2. The molecule has 5 nitrogen and oxygen atoms in total. The Morgan fingerprint density at radius 2 is 1.67 bits per heavy atom. The summed E-state index contributed by atoms with van der Waals surface area (Å²) in [7, 11) is -2.92. The van der Waals surface area contributed by atoms with E-state index in [0.29, 0.717) is 4.90 Å². The number of nitrogens with one attached hydrogen (secondary N) is 1. The van der Waals surface area contributed by atoms with Crippen molar-refractivity contribution in [3.05, 3.63) is 54.6 Å². The molecule has 2 rings (SSSR count). The third kappa shape index (κ3) is 5.27. The number of carbonyl (C=O) groups excluding carboxylic acids is 1. The molecule has 0 aliphatic carbocycles. The quantitative estimate of drug-likeness (QED) is 0.891. The zero-order valence-corrected chi connectivity index (χ0v) is 13.2. The molecule has 0 saturated carbocycles. The molecule has 0 saturated heterocycles. The van der Waals surface area contributed by atoms with Crippen molar-refractivity contribution in [2.45, 2.75) is 11.3 Å². The fourth-order valence-electron chi connectivity index (χ4n) is 1.77. The zero-order valence-electron chi connectivity index (χ0n) is 12.4. The number of urea groups is 1. The Labute approximate surface area is 136 Å². The second-order valence-electron chi connectivity index (χ2n) is 4.71. The number of alkyl halides is 3. The van der Waals surface area contributed by atoms with Crippen molar-refractivity contribution in [2.24, 2.45) is 4.36 Å². The lowest BCUT2D eigenvalue weighted by atomic mass is 10.3. The van der Waals surface area contributed by atoms with Gasteiger partial charge in [-0.25, -0.2) is 9.00 Å². The van der Waals surface area contributed by atoms with Gasteiger partial charge in [-0.2, -0.15) is 0 Å². The van der Waals surface area contributed by atoms with E-state index in [1.165, 1.54) is 18.4 Å². The number of nitrogens with zero attached hydrogens (tertiary/aromatic N) is 1. The molecule has 1 N–H and O–H groups in total. The molecular weight excluding hydrogens is 345 g/mol. The molecule has 128 valence electrons. The zero-order chi connectivity index (χ0) is 17.8. The first-order chi connectivity index (χ1) is 11.2. The minimum Gasteiger partial charge on any atom is -0.406 e. The standard InChI is InChI=1S/C15H13F3N2O3S/c1-24(22,13-5-3-2-4-6-13)20-14(21)19-11-7-9-12(10-8-11)23-15(16,17)18/h2-10H,1H3,(H,19,21)/t24-/m1/s1. The van der Waals surface area contributed by atoms with Crippen molar-refractivity contribution in [1.29, 1.82) is 0 Å². The number of halogens is 3. The van der Waals surface area contributed by atoms with Crippen LogP contribution in [-0.4, -0.2) is 22.9 Å². The molecule has 2 aromatic carbocycles. The van der Waals surface area contributed by atoms with Gasteiger partial charge < -0.3 is 10.1 Å². The van der Waals surface area contributed by atoms with Gasteiger partial charge in [-0.1, -0.05) is 18.2 Å². The van der Waals surface area contributed by atoms with Crippen molar-refractivity contribution in [2.75, 3.05) is 11.6 Å². The molecule has 0 aromatic heterocycles. The number of amides is 2. The van der Waals surface area contributed by atoms with E-state index in [1.54, 1.807) is 30.3 Å². The topological polar surface area (TPSA) is 67.8 Å². The Balaban J connectivity index is 2.10. The molecule has 9 heteroatoms. The van der Waals surface area contributed by atoms with Gasteiger partial charge in [0.05, 0.1) is 9.73 Å². The Morgan fingerprint density at radius 1 is 1.08 bits per heavy atom. The van der Waals surface area contributed by atoms with Gasteiger partial charge in [0.2, 0.25) is 0 Å². The molecule has 0 spiro atoms. The Kier molecular flexibility index (Phi) is 5.13. The first-order valence-electron chi connectivity index (χ1n) is 6.60. The van der Waals surface area contributed by atoms with Gasteiger partial charge in [0.15, 0.2) is 0 Å². The molecule has 2 aromatic rings. The van der Waals surface area contributed by atoms with Gasteiger partial charge >= 0.3 is 12.4 Å². The predicted molar refractivity (Wildman–Crippen MR) is 83.3 cm³/mol. The van der Waals surface area contributed by atoms with Crippen LogP contribution in [0.5, 0.6) is 5.75 Å². The van der Waals surface area contributed by atoms with Gasteiger partial charge in [0.1, 0.15) is 5.75 Å². The van der Waals surface area contributed by atoms with E-state index in [0.717, 1.165) is 12.1 Å². The molecule has 0 bridgehead atoms. The number of ether oxygens (including phenoxy) is 1. The summed E-state index contributed by atoms with van der Waals surface area (Å²) in [6.45, 7) is 0.